The monoisotopic (exact) mass is 424 g/mol. The Bertz CT molecular complexity index is 845. The number of rotatable bonds is 4. The zero-order valence-electron chi connectivity index (χ0n) is 14.3. The largest absolute Gasteiger partial charge is 0.496 e. The van der Waals surface area contributed by atoms with Crippen molar-refractivity contribution < 1.29 is 13.2 Å². The van der Waals surface area contributed by atoms with Gasteiger partial charge in [0.25, 0.3) is 0 Å². The second-order valence-corrected chi connectivity index (χ2v) is 8.82. The van der Waals surface area contributed by atoms with Gasteiger partial charge in [-0.3, -0.25) is 0 Å². The zero-order chi connectivity index (χ0) is 18.0. The van der Waals surface area contributed by atoms with Crippen LogP contribution in [0.4, 0.5) is 5.69 Å². The molecule has 7 heteroatoms. The molecular weight excluding hydrogens is 404 g/mol. The van der Waals surface area contributed by atoms with Crippen molar-refractivity contribution in [2.75, 3.05) is 38.2 Å². The maximum absolute atomic E-state index is 12.9. The highest BCUT2D eigenvalue weighted by molar-refractivity contribution is 9.10. The summed E-state index contributed by atoms with van der Waals surface area (Å²) >= 11 is 3.35. The Morgan fingerprint density at radius 3 is 2.24 bits per heavy atom. The summed E-state index contributed by atoms with van der Waals surface area (Å²) in [6, 6.07) is 13.2. The van der Waals surface area contributed by atoms with E-state index < -0.39 is 10.0 Å². The molecule has 0 atom stereocenters. The van der Waals surface area contributed by atoms with Crippen molar-refractivity contribution in [3.8, 4) is 5.75 Å². The molecule has 25 heavy (non-hydrogen) atoms. The predicted molar refractivity (Wildman–Crippen MR) is 103 cm³/mol. The summed E-state index contributed by atoms with van der Waals surface area (Å²) in [5, 5.41) is 0. The van der Waals surface area contributed by atoms with Crippen molar-refractivity contribution in [3.63, 3.8) is 0 Å². The van der Waals surface area contributed by atoms with Crippen molar-refractivity contribution >= 4 is 31.6 Å². The minimum absolute atomic E-state index is 0.260. The molecule has 0 aliphatic carbocycles. The third kappa shape index (κ3) is 3.83. The van der Waals surface area contributed by atoms with Gasteiger partial charge in [0.05, 0.1) is 16.5 Å². The summed E-state index contributed by atoms with van der Waals surface area (Å²) in [4.78, 5) is 2.48. The Kier molecular flexibility index (Phi) is 5.36. The smallest absolute Gasteiger partial charge is 0.243 e. The molecule has 134 valence electrons. The molecule has 1 heterocycles. The van der Waals surface area contributed by atoms with Gasteiger partial charge in [-0.25, -0.2) is 8.42 Å². The predicted octanol–water partition coefficient (Wildman–Crippen LogP) is 3.28. The normalized spacial score (nSPS) is 16.0. The van der Waals surface area contributed by atoms with Gasteiger partial charge in [0.1, 0.15) is 5.75 Å². The summed E-state index contributed by atoms with van der Waals surface area (Å²) in [5.74, 6) is 0.513. The van der Waals surface area contributed by atoms with Crippen LogP contribution < -0.4 is 9.64 Å². The minimum atomic E-state index is -3.52. The minimum Gasteiger partial charge on any atom is -0.496 e. The maximum atomic E-state index is 12.9. The molecule has 2 aromatic rings. The van der Waals surface area contributed by atoms with Gasteiger partial charge in [0.15, 0.2) is 0 Å². The van der Waals surface area contributed by atoms with Crippen molar-refractivity contribution in [2.24, 2.45) is 0 Å². The van der Waals surface area contributed by atoms with E-state index in [1.807, 2.05) is 0 Å². The number of sulfonamides is 1. The topological polar surface area (TPSA) is 49.9 Å². The lowest BCUT2D eigenvalue weighted by atomic mass is 10.2. The van der Waals surface area contributed by atoms with Crippen molar-refractivity contribution in [3.05, 3.63) is 52.5 Å². The van der Waals surface area contributed by atoms with E-state index in [1.165, 1.54) is 12.7 Å². The summed E-state index contributed by atoms with van der Waals surface area (Å²) in [7, 11) is -1.99. The number of halogens is 1. The fourth-order valence-electron chi connectivity index (χ4n) is 2.89. The maximum Gasteiger partial charge on any atom is 0.243 e. The van der Waals surface area contributed by atoms with Gasteiger partial charge >= 0.3 is 0 Å². The van der Waals surface area contributed by atoms with Crippen LogP contribution in [0, 0.1) is 6.92 Å². The molecule has 0 saturated carbocycles. The molecule has 0 bridgehead atoms. The molecule has 0 spiro atoms. The van der Waals surface area contributed by atoms with Gasteiger partial charge in [-0.1, -0.05) is 17.7 Å². The summed E-state index contributed by atoms with van der Waals surface area (Å²) in [6.45, 7) is 4.34. The van der Waals surface area contributed by atoms with Crippen LogP contribution in [0.3, 0.4) is 0 Å². The molecule has 0 radical (unpaired) electrons. The number of hydrogen-bond acceptors (Lipinski definition) is 4. The lowest BCUT2D eigenvalue weighted by molar-refractivity contribution is 0.383. The number of ether oxygens (including phenoxy) is 1. The van der Waals surface area contributed by atoms with E-state index in [9.17, 15) is 8.42 Å². The fraction of sp³-hybridized carbons (Fsp3) is 0.333. The van der Waals surface area contributed by atoms with E-state index >= 15 is 0 Å². The van der Waals surface area contributed by atoms with Crippen LogP contribution in [0.2, 0.25) is 0 Å². The molecule has 1 saturated heterocycles. The molecule has 1 aliphatic rings. The standard InChI is InChI=1S/C18H21BrN2O3S/c1-14-3-5-15(6-4-14)20-9-11-21(12-10-20)25(22,23)16-7-8-17(19)18(13-16)24-2/h3-8,13H,9-12H2,1-2H3. The number of nitrogens with zero attached hydrogens (tertiary/aromatic N) is 2. The Labute approximate surface area is 157 Å². The molecule has 1 fully saturated rings. The number of benzene rings is 2. The Morgan fingerprint density at radius 2 is 1.64 bits per heavy atom. The zero-order valence-corrected chi connectivity index (χ0v) is 16.7. The SMILES string of the molecule is COc1cc(S(=O)(=O)N2CCN(c3ccc(C)cc3)CC2)ccc1Br. The van der Waals surface area contributed by atoms with Gasteiger partial charge in [-0.15, -0.1) is 0 Å². The third-order valence-electron chi connectivity index (χ3n) is 4.40. The molecule has 0 N–H and O–H groups in total. The average Bonchev–Trinajstić information content (AvgIpc) is 2.62. The molecule has 0 aromatic heterocycles. The van der Waals surface area contributed by atoms with E-state index in [0.717, 1.165) is 10.2 Å². The van der Waals surface area contributed by atoms with Gasteiger partial charge in [-0.2, -0.15) is 4.31 Å². The van der Waals surface area contributed by atoms with Crippen LogP contribution >= 0.6 is 15.9 Å². The number of hydrogen-bond donors (Lipinski definition) is 0. The molecule has 3 rings (SSSR count). The molecule has 5 nitrogen and oxygen atoms in total. The Balaban J connectivity index is 1.74. The second-order valence-electron chi connectivity index (χ2n) is 6.02. The van der Waals surface area contributed by atoms with Crippen LogP contribution in [-0.4, -0.2) is 46.0 Å². The molecule has 2 aromatic carbocycles. The molecule has 0 amide bonds. The van der Waals surface area contributed by atoms with Crippen LogP contribution in [-0.2, 0) is 10.0 Å². The highest BCUT2D eigenvalue weighted by atomic mass is 79.9. The Morgan fingerprint density at radius 1 is 1.00 bits per heavy atom. The van der Waals surface area contributed by atoms with E-state index in [2.05, 4.69) is 52.0 Å². The van der Waals surface area contributed by atoms with Crippen LogP contribution in [0.15, 0.2) is 51.8 Å². The first-order chi connectivity index (χ1) is 11.9. The lowest BCUT2D eigenvalue weighted by Gasteiger charge is -2.35. The molecule has 1 aliphatic heterocycles. The van der Waals surface area contributed by atoms with Crippen LogP contribution in [0.1, 0.15) is 5.56 Å². The molecular formula is C18H21BrN2O3S. The highest BCUT2D eigenvalue weighted by Crippen LogP contribution is 2.29. The van der Waals surface area contributed by atoms with Gasteiger partial charge in [0.2, 0.25) is 10.0 Å². The summed E-state index contributed by atoms with van der Waals surface area (Å²) in [5.41, 5.74) is 2.35. The average molecular weight is 425 g/mol. The number of methoxy groups -OCH3 is 1. The van der Waals surface area contributed by atoms with E-state index in [0.29, 0.717) is 31.9 Å². The van der Waals surface area contributed by atoms with Gasteiger partial charge < -0.3 is 9.64 Å². The summed E-state index contributed by atoms with van der Waals surface area (Å²) < 4.78 is 33.3. The van der Waals surface area contributed by atoms with Crippen LogP contribution in [0.5, 0.6) is 5.75 Å². The molecule has 0 unspecified atom stereocenters. The lowest BCUT2D eigenvalue weighted by Crippen LogP contribution is -2.48. The van der Waals surface area contributed by atoms with Gasteiger partial charge in [-0.05, 0) is 47.1 Å². The van der Waals surface area contributed by atoms with E-state index in [1.54, 1.807) is 22.5 Å². The highest BCUT2D eigenvalue weighted by Gasteiger charge is 2.29. The first-order valence-corrected chi connectivity index (χ1v) is 10.3. The first-order valence-electron chi connectivity index (χ1n) is 8.07. The summed E-state index contributed by atoms with van der Waals surface area (Å²) in [6.07, 6.45) is 0. The fourth-order valence-corrected chi connectivity index (χ4v) is 4.74. The number of aryl methyl sites for hydroxylation is 1. The van der Waals surface area contributed by atoms with Crippen molar-refractivity contribution in [1.82, 2.24) is 4.31 Å². The quantitative estimate of drug-likeness (QED) is 0.755. The third-order valence-corrected chi connectivity index (χ3v) is 6.95. The van der Waals surface area contributed by atoms with Crippen molar-refractivity contribution in [2.45, 2.75) is 11.8 Å². The first kappa shape index (κ1) is 18.2. The number of piperazine rings is 1. The van der Waals surface area contributed by atoms with Gasteiger partial charge in [0, 0.05) is 37.9 Å². The van der Waals surface area contributed by atoms with E-state index in [-0.39, 0.29) is 4.90 Å². The number of anilines is 1. The van der Waals surface area contributed by atoms with Crippen LogP contribution in [0.25, 0.3) is 0 Å². The van der Waals surface area contributed by atoms with Crippen molar-refractivity contribution in [1.29, 1.82) is 0 Å². The second kappa shape index (κ2) is 7.35. The van der Waals surface area contributed by atoms with E-state index in [4.69, 9.17) is 4.74 Å². The Hall–Kier alpha value is -1.57.